The van der Waals surface area contributed by atoms with Crippen LogP contribution in [-0.4, -0.2) is 17.2 Å². The Morgan fingerprint density at radius 1 is 1.60 bits per heavy atom. The molecule has 0 atom stereocenters. The predicted octanol–water partition coefficient (Wildman–Crippen LogP) is 2.09. The van der Waals surface area contributed by atoms with Gasteiger partial charge in [-0.2, -0.15) is 0 Å². The lowest BCUT2D eigenvalue weighted by atomic mass is 10.2. The molecule has 0 saturated heterocycles. The van der Waals surface area contributed by atoms with Gasteiger partial charge in [-0.05, 0) is 13.0 Å². The van der Waals surface area contributed by atoms with Crippen molar-refractivity contribution < 1.29 is 14.1 Å². The van der Waals surface area contributed by atoms with Crippen LogP contribution in [0.3, 0.4) is 0 Å². The molecule has 0 amide bonds. The van der Waals surface area contributed by atoms with Crippen molar-refractivity contribution in [1.29, 1.82) is 0 Å². The zero-order valence-electron chi connectivity index (χ0n) is 7.89. The van der Waals surface area contributed by atoms with E-state index in [1.807, 2.05) is 0 Å². The lowest BCUT2D eigenvalue weighted by Crippen LogP contribution is -1.98. The summed E-state index contributed by atoms with van der Waals surface area (Å²) in [6, 6.07) is 3.07. The van der Waals surface area contributed by atoms with Gasteiger partial charge in [0.2, 0.25) is 5.78 Å². The van der Waals surface area contributed by atoms with E-state index in [-0.39, 0.29) is 11.5 Å². The van der Waals surface area contributed by atoms with Crippen molar-refractivity contribution in [2.24, 2.45) is 0 Å². The second kappa shape index (κ2) is 3.78. The number of hydrogen-bond acceptors (Lipinski definition) is 5. The number of carbonyl (C=O) groups excluding carboxylic acids is 2. The van der Waals surface area contributed by atoms with E-state index in [4.69, 9.17) is 0 Å². The highest BCUT2D eigenvalue weighted by Gasteiger charge is 2.16. The summed E-state index contributed by atoms with van der Waals surface area (Å²) < 4.78 is 4.58. The molecule has 76 valence electrons. The minimum atomic E-state index is -0.218. The van der Waals surface area contributed by atoms with Crippen LogP contribution < -0.4 is 0 Å². The lowest BCUT2D eigenvalue weighted by Gasteiger charge is -1.88. The summed E-state index contributed by atoms with van der Waals surface area (Å²) in [6.07, 6.45) is 2.08. The molecule has 2 heterocycles. The summed E-state index contributed by atoms with van der Waals surface area (Å²) in [7, 11) is 0. The number of carbonyl (C=O) groups is 2. The molecule has 5 heteroatoms. The molecule has 15 heavy (non-hydrogen) atoms. The number of aryl methyl sites for hydroxylation is 1. The first-order valence-corrected chi connectivity index (χ1v) is 5.04. The zero-order chi connectivity index (χ0) is 10.8. The average Bonchev–Trinajstić information content (AvgIpc) is 2.85. The number of ketones is 1. The molecular weight excluding hydrogens is 214 g/mol. The summed E-state index contributed by atoms with van der Waals surface area (Å²) in [4.78, 5) is 23.7. The quantitative estimate of drug-likeness (QED) is 0.588. The van der Waals surface area contributed by atoms with Crippen LogP contribution in [0.15, 0.2) is 22.9 Å². The van der Waals surface area contributed by atoms with Crippen molar-refractivity contribution >= 4 is 23.4 Å². The second-order valence-corrected chi connectivity index (χ2v) is 4.21. The van der Waals surface area contributed by atoms with E-state index in [1.165, 1.54) is 23.7 Å². The van der Waals surface area contributed by atoms with Gasteiger partial charge < -0.3 is 4.52 Å². The number of nitrogens with zero attached hydrogens (tertiary/aromatic N) is 1. The first-order valence-electron chi connectivity index (χ1n) is 4.23. The molecule has 4 nitrogen and oxygen atoms in total. The van der Waals surface area contributed by atoms with E-state index < -0.39 is 0 Å². The number of thiophene rings is 1. The van der Waals surface area contributed by atoms with Gasteiger partial charge in [-0.3, -0.25) is 9.59 Å². The van der Waals surface area contributed by atoms with Crippen LogP contribution in [0.2, 0.25) is 0 Å². The highest BCUT2D eigenvalue weighted by molar-refractivity contribution is 7.14. The van der Waals surface area contributed by atoms with Crippen LogP contribution in [-0.2, 0) is 0 Å². The molecule has 0 aliphatic heterocycles. The number of aromatic nitrogens is 1. The predicted molar refractivity (Wildman–Crippen MR) is 54.4 cm³/mol. The molecule has 2 rings (SSSR count). The molecule has 0 saturated carbocycles. The van der Waals surface area contributed by atoms with E-state index in [2.05, 4.69) is 9.68 Å². The zero-order valence-corrected chi connectivity index (χ0v) is 8.71. The molecule has 2 aromatic rings. The monoisotopic (exact) mass is 221 g/mol. The average molecular weight is 221 g/mol. The Hall–Kier alpha value is -1.75. The number of aldehydes is 1. The summed E-state index contributed by atoms with van der Waals surface area (Å²) in [5.74, 6) is -0.218. The van der Waals surface area contributed by atoms with Gasteiger partial charge in [-0.15, -0.1) is 11.3 Å². The van der Waals surface area contributed by atoms with Gasteiger partial charge in [0.25, 0.3) is 0 Å². The normalized spacial score (nSPS) is 10.2. The third-order valence-corrected chi connectivity index (χ3v) is 3.04. The molecule has 0 radical (unpaired) electrons. The minimum Gasteiger partial charge on any atom is -0.364 e. The third kappa shape index (κ3) is 1.73. The Morgan fingerprint density at radius 2 is 2.40 bits per heavy atom. The maximum absolute atomic E-state index is 11.8. The highest BCUT2D eigenvalue weighted by Crippen LogP contribution is 2.22. The van der Waals surface area contributed by atoms with Crippen molar-refractivity contribution in [2.45, 2.75) is 6.92 Å². The summed E-state index contributed by atoms with van der Waals surface area (Å²) in [5.41, 5.74) is 0.806. The summed E-state index contributed by atoms with van der Waals surface area (Å²) in [5, 5.41) is 3.55. The fraction of sp³-hybridized carbons (Fsp3) is 0.100. The SMILES string of the molecule is Cc1sc(C(=O)c2ccon2)cc1C=O. The van der Waals surface area contributed by atoms with Crippen molar-refractivity contribution in [3.8, 4) is 0 Å². The number of rotatable bonds is 3. The van der Waals surface area contributed by atoms with Crippen LogP contribution in [0.25, 0.3) is 0 Å². The fourth-order valence-corrected chi connectivity index (χ4v) is 2.12. The maximum Gasteiger partial charge on any atom is 0.224 e. The molecule has 0 fully saturated rings. The van der Waals surface area contributed by atoms with Crippen molar-refractivity contribution in [3.63, 3.8) is 0 Å². The van der Waals surface area contributed by atoms with Crippen LogP contribution >= 0.6 is 11.3 Å². The van der Waals surface area contributed by atoms with E-state index in [0.717, 1.165) is 11.2 Å². The molecule has 2 aromatic heterocycles. The van der Waals surface area contributed by atoms with Gasteiger partial charge in [-0.1, -0.05) is 5.16 Å². The Bertz CT molecular complexity index is 499. The Balaban J connectivity index is 2.38. The van der Waals surface area contributed by atoms with Crippen LogP contribution in [0, 0.1) is 6.92 Å². The molecular formula is C10H7NO3S. The molecule has 0 spiro atoms. The Kier molecular flexibility index (Phi) is 2.47. The van der Waals surface area contributed by atoms with E-state index >= 15 is 0 Å². The van der Waals surface area contributed by atoms with Gasteiger partial charge in [0.1, 0.15) is 6.26 Å². The van der Waals surface area contributed by atoms with Crippen LogP contribution in [0.1, 0.15) is 30.6 Å². The van der Waals surface area contributed by atoms with Crippen molar-refractivity contribution in [1.82, 2.24) is 5.16 Å². The maximum atomic E-state index is 11.8. The second-order valence-electron chi connectivity index (χ2n) is 2.95. The molecule has 0 bridgehead atoms. The first kappa shape index (κ1) is 9.79. The molecule has 0 unspecified atom stereocenters. The van der Waals surface area contributed by atoms with Gasteiger partial charge in [0.15, 0.2) is 12.0 Å². The van der Waals surface area contributed by atoms with Crippen LogP contribution in [0.5, 0.6) is 0 Å². The van der Waals surface area contributed by atoms with Gasteiger partial charge >= 0.3 is 0 Å². The van der Waals surface area contributed by atoms with Gasteiger partial charge in [0, 0.05) is 16.5 Å². The lowest BCUT2D eigenvalue weighted by molar-refractivity contribution is 0.103. The highest BCUT2D eigenvalue weighted by atomic mass is 32.1. The fourth-order valence-electron chi connectivity index (χ4n) is 1.18. The topological polar surface area (TPSA) is 60.2 Å². The smallest absolute Gasteiger partial charge is 0.224 e. The summed E-state index contributed by atoms with van der Waals surface area (Å²) >= 11 is 1.28. The molecule has 0 aliphatic rings. The Morgan fingerprint density at radius 3 is 2.93 bits per heavy atom. The van der Waals surface area contributed by atoms with Crippen LogP contribution in [0.4, 0.5) is 0 Å². The molecule has 0 aliphatic carbocycles. The molecule has 0 N–H and O–H groups in total. The summed E-state index contributed by atoms with van der Waals surface area (Å²) in [6.45, 7) is 1.80. The molecule has 0 aromatic carbocycles. The van der Waals surface area contributed by atoms with Crippen molar-refractivity contribution in [2.75, 3.05) is 0 Å². The largest absolute Gasteiger partial charge is 0.364 e. The number of hydrogen-bond donors (Lipinski definition) is 0. The standard InChI is InChI=1S/C10H7NO3S/c1-6-7(5-12)4-9(15-6)10(13)8-2-3-14-11-8/h2-5H,1H3. The third-order valence-electron chi connectivity index (χ3n) is 1.98. The van der Waals surface area contributed by atoms with Gasteiger partial charge in [0.05, 0.1) is 4.88 Å². The van der Waals surface area contributed by atoms with E-state index in [0.29, 0.717) is 10.4 Å². The Labute approximate surface area is 89.5 Å². The van der Waals surface area contributed by atoms with E-state index in [9.17, 15) is 9.59 Å². The van der Waals surface area contributed by atoms with Crippen molar-refractivity contribution in [3.05, 3.63) is 39.4 Å². The van der Waals surface area contributed by atoms with E-state index in [1.54, 1.807) is 13.0 Å². The van der Waals surface area contributed by atoms with Gasteiger partial charge in [-0.25, -0.2) is 0 Å². The minimum absolute atomic E-state index is 0.218. The first-order chi connectivity index (χ1) is 7.22.